The number of hydrogen-bond donors (Lipinski definition) is 1. The molecule has 3 aliphatic heterocycles. The lowest BCUT2D eigenvalue weighted by atomic mass is 9.94. The minimum Gasteiger partial charge on any atom is -0.507 e. The number of aliphatic hydroxyl groups excluding tert-OH is 1. The number of carbonyl (C=O) groups is 2. The van der Waals surface area contributed by atoms with Crippen molar-refractivity contribution in [2.24, 2.45) is 0 Å². The first-order chi connectivity index (χ1) is 17.5. The summed E-state index contributed by atoms with van der Waals surface area (Å²) in [5.74, 6) is -0.0130. The number of likely N-dealkylation sites (tertiary alicyclic amines) is 1. The van der Waals surface area contributed by atoms with Crippen LogP contribution in [-0.2, 0) is 20.7 Å². The molecule has 1 amide bonds. The van der Waals surface area contributed by atoms with E-state index in [1.54, 1.807) is 11.0 Å². The van der Waals surface area contributed by atoms with Crippen LogP contribution < -0.4 is 9.47 Å². The average Bonchev–Trinajstić information content (AvgIpc) is 3.38. The Labute approximate surface area is 211 Å². The van der Waals surface area contributed by atoms with Crippen molar-refractivity contribution in [1.82, 2.24) is 9.80 Å². The quantitative estimate of drug-likeness (QED) is 0.361. The molecule has 3 aliphatic rings. The van der Waals surface area contributed by atoms with Crippen LogP contribution in [0, 0.1) is 0 Å². The molecule has 2 aromatic rings. The first-order valence-electron chi connectivity index (χ1n) is 12.6. The molecule has 0 spiro atoms. The van der Waals surface area contributed by atoms with E-state index >= 15 is 0 Å². The zero-order valence-corrected chi connectivity index (χ0v) is 20.7. The number of fused-ring (bicyclic) bond motifs is 1. The standard InChI is InChI=1S/C28H32N2O6/c1-3-35-22-6-4-5-19(17-22)25-24(26(31)20-7-8-23-21(16-20)15-18(2)36-23)27(32)28(33)30(25)10-9-29-11-13-34-14-12-29/h4-8,16-18,25,31H,3,9-15H2,1-2H3/b26-24+. The summed E-state index contributed by atoms with van der Waals surface area (Å²) < 4.78 is 16.9. The fourth-order valence-electron chi connectivity index (χ4n) is 5.20. The first kappa shape index (κ1) is 24.3. The minimum absolute atomic E-state index is 0.0597. The van der Waals surface area contributed by atoms with Crippen LogP contribution in [0.5, 0.6) is 11.5 Å². The van der Waals surface area contributed by atoms with Crippen LogP contribution in [0.3, 0.4) is 0 Å². The molecule has 2 aromatic carbocycles. The van der Waals surface area contributed by atoms with Crippen LogP contribution in [0.1, 0.15) is 36.6 Å². The van der Waals surface area contributed by atoms with Gasteiger partial charge in [0, 0.05) is 38.2 Å². The van der Waals surface area contributed by atoms with Crippen LogP contribution in [0.4, 0.5) is 0 Å². The number of hydrogen-bond acceptors (Lipinski definition) is 7. The number of carbonyl (C=O) groups excluding carboxylic acids is 2. The van der Waals surface area contributed by atoms with Gasteiger partial charge in [-0.15, -0.1) is 0 Å². The topological polar surface area (TPSA) is 88.5 Å². The van der Waals surface area contributed by atoms with Gasteiger partial charge in [0.25, 0.3) is 11.7 Å². The lowest BCUT2D eigenvalue weighted by molar-refractivity contribution is -0.140. The first-order valence-corrected chi connectivity index (χ1v) is 12.6. The van der Waals surface area contributed by atoms with Gasteiger partial charge in [0.1, 0.15) is 23.4 Å². The van der Waals surface area contributed by atoms with Crippen LogP contribution in [0.2, 0.25) is 0 Å². The highest BCUT2D eigenvalue weighted by molar-refractivity contribution is 6.46. The Kier molecular flexibility index (Phi) is 6.98. The maximum atomic E-state index is 13.4. The Morgan fingerprint density at radius 3 is 2.69 bits per heavy atom. The highest BCUT2D eigenvalue weighted by Gasteiger charge is 2.46. The summed E-state index contributed by atoms with van der Waals surface area (Å²) in [5.41, 5.74) is 2.30. The highest BCUT2D eigenvalue weighted by atomic mass is 16.5. The predicted molar refractivity (Wildman–Crippen MR) is 134 cm³/mol. The van der Waals surface area contributed by atoms with Crippen LogP contribution in [0.25, 0.3) is 5.76 Å². The van der Waals surface area contributed by atoms with Crippen LogP contribution in [-0.4, -0.2) is 78.7 Å². The number of rotatable bonds is 7. The van der Waals surface area contributed by atoms with Crippen molar-refractivity contribution < 1.29 is 28.9 Å². The number of ketones is 1. The Balaban J connectivity index is 1.54. The molecule has 1 N–H and O–H groups in total. The van der Waals surface area contributed by atoms with E-state index in [0.717, 1.165) is 36.4 Å². The van der Waals surface area contributed by atoms with Crippen molar-refractivity contribution in [2.75, 3.05) is 46.0 Å². The minimum atomic E-state index is -0.713. The largest absolute Gasteiger partial charge is 0.507 e. The molecule has 0 bridgehead atoms. The second kappa shape index (κ2) is 10.3. The maximum Gasteiger partial charge on any atom is 0.295 e. The number of amides is 1. The van der Waals surface area contributed by atoms with Gasteiger partial charge in [0.05, 0.1) is 31.4 Å². The predicted octanol–water partition coefficient (Wildman–Crippen LogP) is 3.16. The van der Waals surface area contributed by atoms with Gasteiger partial charge in [0.15, 0.2) is 0 Å². The Bertz CT molecular complexity index is 1190. The zero-order chi connectivity index (χ0) is 25.2. The van der Waals surface area contributed by atoms with Gasteiger partial charge in [0.2, 0.25) is 0 Å². The number of Topliss-reactive ketones (excluding diaryl/α,β-unsaturated/α-hetero) is 1. The molecular formula is C28H32N2O6. The van der Waals surface area contributed by atoms with E-state index in [2.05, 4.69) is 4.90 Å². The highest BCUT2D eigenvalue weighted by Crippen LogP contribution is 2.41. The summed E-state index contributed by atoms with van der Waals surface area (Å²) in [7, 11) is 0. The Hall–Kier alpha value is -3.36. The van der Waals surface area contributed by atoms with Crippen molar-refractivity contribution in [3.63, 3.8) is 0 Å². The van der Waals surface area contributed by atoms with Crippen molar-refractivity contribution in [3.8, 4) is 11.5 Å². The third-order valence-electron chi connectivity index (χ3n) is 6.96. The maximum absolute atomic E-state index is 13.4. The number of benzene rings is 2. The number of nitrogens with zero attached hydrogens (tertiary/aromatic N) is 2. The molecule has 36 heavy (non-hydrogen) atoms. The molecule has 0 saturated carbocycles. The lowest BCUT2D eigenvalue weighted by Crippen LogP contribution is -2.42. The van der Waals surface area contributed by atoms with E-state index in [0.29, 0.717) is 44.2 Å². The van der Waals surface area contributed by atoms with Crippen molar-refractivity contribution in [3.05, 3.63) is 64.7 Å². The van der Waals surface area contributed by atoms with E-state index in [1.807, 2.05) is 50.2 Å². The fraction of sp³-hybridized carbons (Fsp3) is 0.429. The summed E-state index contributed by atoms with van der Waals surface area (Å²) in [4.78, 5) is 30.4. The third-order valence-corrected chi connectivity index (χ3v) is 6.96. The summed E-state index contributed by atoms with van der Waals surface area (Å²) >= 11 is 0. The Morgan fingerprint density at radius 2 is 1.92 bits per heavy atom. The van der Waals surface area contributed by atoms with Crippen molar-refractivity contribution in [1.29, 1.82) is 0 Å². The zero-order valence-electron chi connectivity index (χ0n) is 20.7. The Morgan fingerprint density at radius 1 is 1.11 bits per heavy atom. The molecule has 2 unspecified atom stereocenters. The van der Waals surface area contributed by atoms with E-state index in [4.69, 9.17) is 14.2 Å². The second-order valence-electron chi connectivity index (χ2n) is 9.41. The van der Waals surface area contributed by atoms with Crippen molar-refractivity contribution >= 4 is 17.4 Å². The van der Waals surface area contributed by atoms with E-state index < -0.39 is 17.7 Å². The monoisotopic (exact) mass is 492 g/mol. The van der Waals surface area contributed by atoms with Crippen molar-refractivity contribution in [2.45, 2.75) is 32.4 Å². The molecule has 0 aliphatic carbocycles. The molecule has 5 rings (SSSR count). The van der Waals surface area contributed by atoms with Crippen LogP contribution in [0.15, 0.2) is 48.0 Å². The molecule has 0 aromatic heterocycles. The molecule has 8 nitrogen and oxygen atoms in total. The summed E-state index contributed by atoms with van der Waals surface area (Å²) in [5, 5.41) is 11.4. The van der Waals surface area contributed by atoms with Gasteiger partial charge < -0.3 is 24.2 Å². The van der Waals surface area contributed by atoms with E-state index in [1.165, 1.54) is 0 Å². The molecule has 3 heterocycles. The molecular weight excluding hydrogens is 460 g/mol. The summed E-state index contributed by atoms with van der Waals surface area (Å²) in [6.07, 6.45) is 0.786. The SMILES string of the molecule is CCOc1cccc(C2/C(=C(\O)c3ccc4c(c3)CC(C)O4)C(=O)C(=O)N2CCN2CCOCC2)c1. The summed E-state index contributed by atoms with van der Waals surface area (Å²) in [6.45, 7) is 8.24. The summed E-state index contributed by atoms with van der Waals surface area (Å²) in [6, 6.07) is 12.1. The van der Waals surface area contributed by atoms with Crippen LogP contribution >= 0.6 is 0 Å². The smallest absolute Gasteiger partial charge is 0.295 e. The van der Waals surface area contributed by atoms with E-state index in [9.17, 15) is 14.7 Å². The normalized spacial score (nSPS) is 23.6. The van der Waals surface area contributed by atoms with Gasteiger partial charge >= 0.3 is 0 Å². The molecule has 2 saturated heterocycles. The third kappa shape index (κ3) is 4.70. The fourth-order valence-corrected chi connectivity index (χ4v) is 5.20. The van der Waals surface area contributed by atoms with Gasteiger partial charge in [-0.3, -0.25) is 14.5 Å². The number of ether oxygens (including phenoxy) is 3. The number of morpholine rings is 1. The van der Waals surface area contributed by atoms with Gasteiger partial charge in [-0.2, -0.15) is 0 Å². The van der Waals surface area contributed by atoms with E-state index in [-0.39, 0.29) is 17.4 Å². The molecule has 2 atom stereocenters. The second-order valence-corrected chi connectivity index (χ2v) is 9.41. The molecule has 2 fully saturated rings. The molecule has 8 heteroatoms. The average molecular weight is 493 g/mol. The van der Waals surface area contributed by atoms with Gasteiger partial charge in [-0.05, 0) is 55.3 Å². The molecule has 190 valence electrons. The number of aliphatic hydroxyl groups is 1. The lowest BCUT2D eigenvalue weighted by Gasteiger charge is -2.31. The molecule has 0 radical (unpaired) electrons. The van der Waals surface area contributed by atoms with Gasteiger partial charge in [-0.1, -0.05) is 12.1 Å². The van der Waals surface area contributed by atoms with Gasteiger partial charge in [-0.25, -0.2) is 0 Å².